The molecule has 0 saturated carbocycles. The standard InChI is InChI=1S/C15H11N5O/c16-15(21)10-3-2-9(13-14(10)20-7-19-13)8-1-4-11-12(5-8)18-6-17-11/h1-7H,(H2,16,21)(H,17,18)(H,19,20). The minimum absolute atomic E-state index is 0.414. The highest BCUT2D eigenvalue weighted by Gasteiger charge is 2.13. The van der Waals surface area contributed by atoms with Crippen molar-refractivity contribution in [1.29, 1.82) is 0 Å². The van der Waals surface area contributed by atoms with Gasteiger partial charge in [-0.2, -0.15) is 0 Å². The average Bonchev–Trinajstić information content (AvgIpc) is 3.14. The topological polar surface area (TPSA) is 100 Å². The summed E-state index contributed by atoms with van der Waals surface area (Å²) >= 11 is 0. The van der Waals surface area contributed by atoms with Gasteiger partial charge in [0.25, 0.3) is 5.91 Å². The van der Waals surface area contributed by atoms with E-state index in [1.54, 1.807) is 18.7 Å². The number of carbonyl (C=O) groups is 1. The molecular formula is C15H11N5O. The number of hydrogen-bond donors (Lipinski definition) is 3. The van der Waals surface area contributed by atoms with Gasteiger partial charge in [-0.25, -0.2) is 9.97 Å². The van der Waals surface area contributed by atoms with Crippen LogP contribution in [0.4, 0.5) is 0 Å². The van der Waals surface area contributed by atoms with Crippen molar-refractivity contribution in [3.05, 3.63) is 48.5 Å². The molecular weight excluding hydrogens is 266 g/mol. The minimum Gasteiger partial charge on any atom is -0.366 e. The Kier molecular flexibility index (Phi) is 2.32. The summed E-state index contributed by atoms with van der Waals surface area (Å²) in [6.07, 6.45) is 3.23. The van der Waals surface area contributed by atoms with Crippen molar-refractivity contribution < 1.29 is 4.79 Å². The van der Waals surface area contributed by atoms with Crippen molar-refractivity contribution in [2.75, 3.05) is 0 Å². The van der Waals surface area contributed by atoms with Crippen LogP contribution in [0.2, 0.25) is 0 Å². The van der Waals surface area contributed by atoms with Crippen LogP contribution >= 0.6 is 0 Å². The van der Waals surface area contributed by atoms with Gasteiger partial charge in [0.05, 0.1) is 34.8 Å². The Morgan fingerprint density at radius 3 is 2.76 bits per heavy atom. The van der Waals surface area contributed by atoms with Crippen LogP contribution in [-0.2, 0) is 0 Å². The molecule has 2 aromatic heterocycles. The quantitative estimate of drug-likeness (QED) is 0.523. The van der Waals surface area contributed by atoms with Gasteiger partial charge in [-0.05, 0) is 23.8 Å². The number of nitrogens with two attached hydrogens (primary N) is 1. The van der Waals surface area contributed by atoms with Crippen molar-refractivity contribution in [2.45, 2.75) is 0 Å². The summed E-state index contributed by atoms with van der Waals surface area (Å²) in [4.78, 5) is 26.0. The maximum absolute atomic E-state index is 11.5. The van der Waals surface area contributed by atoms with Gasteiger partial charge in [0, 0.05) is 5.56 Å². The summed E-state index contributed by atoms with van der Waals surface area (Å²) in [5.74, 6) is -0.484. The predicted molar refractivity (Wildman–Crippen MR) is 79.7 cm³/mol. The van der Waals surface area contributed by atoms with Crippen LogP contribution in [0.5, 0.6) is 0 Å². The number of primary amides is 1. The van der Waals surface area contributed by atoms with Crippen LogP contribution in [0.15, 0.2) is 43.0 Å². The summed E-state index contributed by atoms with van der Waals surface area (Å²) in [7, 11) is 0. The van der Waals surface area contributed by atoms with Crippen molar-refractivity contribution in [1.82, 2.24) is 19.9 Å². The van der Waals surface area contributed by atoms with Gasteiger partial charge in [-0.1, -0.05) is 12.1 Å². The third kappa shape index (κ3) is 1.69. The van der Waals surface area contributed by atoms with E-state index >= 15 is 0 Å². The lowest BCUT2D eigenvalue weighted by molar-refractivity contribution is 0.100. The molecule has 0 atom stereocenters. The fraction of sp³-hybridized carbons (Fsp3) is 0. The Labute approximate surface area is 119 Å². The largest absolute Gasteiger partial charge is 0.366 e. The molecule has 6 nitrogen and oxygen atoms in total. The van der Waals surface area contributed by atoms with Crippen LogP contribution in [0, 0.1) is 0 Å². The van der Waals surface area contributed by atoms with E-state index in [0.717, 1.165) is 27.7 Å². The van der Waals surface area contributed by atoms with Crippen LogP contribution in [0.25, 0.3) is 33.2 Å². The highest BCUT2D eigenvalue weighted by Crippen LogP contribution is 2.30. The summed E-state index contributed by atoms with van der Waals surface area (Å²) in [6, 6.07) is 9.53. The van der Waals surface area contributed by atoms with E-state index in [-0.39, 0.29) is 0 Å². The number of aromatic nitrogens is 4. The number of rotatable bonds is 2. The second kappa shape index (κ2) is 4.17. The molecule has 6 heteroatoms. The lowest BCUT2D eigenvalue weighted by Gasteiger charge is -2.05. The molecule has 1 amide bonds. The molecule has 0 aliphatic rings. The lowest BCUT2D eigenvalue weighted by atomic mass is 10.0. The number of fused-ring (bicyclic) bond motifs is 2. The van der Waals surface area contributed by atoms with E-state index in [1.807, 2.05) is 24.3 Å². The number of nitrogens with zero attached hydrogens (tertiary/aromatic N) is 2. The summed E-state index contributed by atoms with van der Waals surface area (Å²) < 4.78 is 0. The summed E-state index contributed by atoms with van der Waals surface area (Å²) in [6.45, 7) is 0. The maximum Gasteiger partial charge on any atom is 0.250 e. The zero-order valence-electron chi connectivity index (χ0n) is 10.9. The molecule has 4 rings (SSSR count). The van der Waals surface area contributed by atoms with Crippen molar-refractivity contribution in [3.63, 3.8) is 0 Å². The zero-order chi connectivity index (χ0) is 14.4. The molecule has 0 fully saturated rings. The molecule has 0 spiro atoms. The van der Waals surface area contributed by atoms with Crippen LogP contribution in [-0.4, -0.2) is 25.8 Å². The fourth-order valence-corrected chi connectivity index (χ4v) is 2.58. The third-order valence-corrected chi connectivity index (χ3v) is 3.58. The van der Waals surface area contributed by atoms with Gasteiger partial charge in [0.1, 0.15) is 5.52 Å². The van der Waals surface area contributed by atoms with Crippen molar-refractivity contribution in [2.24, 2.45) is 5.73 Å². The number of amides is 1. The summed E-state index contributed by atoms with van der Waals surface area (Å²) in [5, 5.41) is 0. The number of aromatic amines is 2. The molecule has 4 N–H and O–H groups in total. The normalized spacial score (nSPS) is 11.2. The number of imidazole rings is 2. The van der Waals surface area contributed by atoms with Crippen LogP contribution < -0.4 is 5.73 Å². The first-order chi connectivity index (χ1) is 10.2. The number of hydrogen-bond acceptors (Lipinski definition) is 3. The molecule has 2 aromatic carbocycles. The number of carbonyl (C=O) groups excluding carboxylic acids is 1. The Balaban J connectivity index is 1.99. The first-order valence-electron chi connectivity index (χ1n) is 6.43. The van der Waals surface area contributed by atoms with Crippen molar-refractivity contribution >= 4 is 28.0 Å². The van der Waals surface area contributed by atoms with Crippen LogP contribution in [0.1, 0.15) is 10.4 Å². The van der Waals surface area contributed by atoms with Gasteiger partial charge >= 0.3 is 0 Å². The molecule has 0 aliphatic carbocycles. The van der Waals surface area contributed by atoms with E-state index in [1.165, 1.54) is 0 Å². The number of H-pyrrole nitrogens is 2. The highest BCUT2D eigenvalue weighted by atomic mass is 16.1. The first kappa shape index (κ1) is 11.7. The molecule has 0 saturated heterocycles. The molecule has 0 unspecified atom stereocenters. The molecule has 0 bridgehead atoms. The van der Waals surface area contributed by atoms with E-state index in [9.17, 15) is 4.79 Å². The van der Waals surface area contributed by atoms with Crippen molar-refractivity contribution in [3.8, 4) is 11.1 Å². The summed E-state index contributed by atoms with van der Waals surface area (Å²) in [5.41, 5.74) is 11.0. The maximum atomic E-state index is 11.5. The second-order valence-corrected chi connectivity index (χ2v) is 4.79. The fourth-order valence-electron chi connectivity index (χ4n) is 2.58. The molecule has 0 radical (unpaired) electrons. The highest BCUT2D eigenvalue weighted by molar-refractivity contribution is 6.07. The minimum atomic E-state index is -0.484. The predicted octanol–water partition coefficient (Wildman–Crippen LogP) is 2.21. The molecule has 2 heterocycles. The molecule has 0 aliphatic heterocycles. The van der Waals surface area contributed by atoms with Gasteiger partial charge in [-0.15, -0.1) is 0 Å². The lowest BCUT2D eigenvalue weighted by Crippen LogP contribution is -2.11. The molecule has 4 aromatic rings. The van der Waals surface area contributed by atoms with E-state index in [2.05, 4.69) is 19.9 Å². The smallest absolute Gasteiger partial charge is 0.250 e. The zero-order valence-corrected chi connectivity index (χ0v) is 10.9. The number of nitrogens with one attached hydrogen (secondary N) is 2. The van der Waals surface area contributed by atoms with Gasteiger partial charge in [-0.3, -0.25) is 4.79 Å². The Bertz CT molecular complexity index is 982. The number of benzene rings is 2. The Hall–Kier alpha value is -3.15. The van der Waals surface area contributed by atoms with Crippen LogP contribution in [0.3, 0.4) is 0 Å². The molecule has 21 heavy (non-hydrogen) atoms. The van der Waals surface area contributed by atoms with Gasteiger partial charge in [0.2, 0.25) is 0 Å². The monoisotopic (exact) mass is 277 g/mol. The third-order valence-electron chi connectivity index (χ3n) is 3.58. The molecule has 102 valence electrons. The van der Waals surface area contributed by atoms with Gasteiger partial charge in [0.15, 0.2) is 0 Å². The Morgan fingerprint density at radius 2 is 1.90 bits per heavy atom. The van der Waals surface area contributed by atoms with E-state index in [4.69, 9.17) is 5.73 Å². The first-order valence-corrected chi connectivity index (χ1v) is 6.43. The second-order valence-electron chi connectivity index (χ2n) is 4.79. The average molecular weight is 277 g/mol. The van der Waals surface area contributed by atoms with E-state index < -0.39 is 5.91 Å². The van der Waals surface area contributed by atoms with E-state index in [0.29, 0.717) is 11.1 Å². The van der Waals surface area contributed by atoms with Gasteiger partial charge < -0.3 is 15.7 Å². The Morgan fingerprint density at radius 1 is 1.05 bits per heavy atom. The SMILES string of the molecule is NC(=O)c1ccc(-c2ccc3nc[nH]c3c2)c2[nH]cnc12.